The van der Waals surface area contributed by atoms with E-state index >= 15 is 0 Å². The normalized spacial score (nSPS) is 23.4. The standard InChI is InChI=1S/C24H37N5O2/c1-18-25-17-21(24(31)29-11-5-6-12-29)22(26-18)15-19-8-13-28(14-9-19)23(30)16-20-7-3-4-10-27(20)2/h17,19-20H,3-16H2,1-2H3. The molecule has 0 radical (unpaired) electrons. The number of aryl methyl sites for hydroxylation is 1. The van der Waals surface area contributed by atoms with Gasteiger partial charge in [0.05, 0.1) is 11.3 Å². The number of likely N-dealkylation sites (tertiary alicyclic amines) is 3. The van der Waals surface area contributed by atoms with Crippen LogP contribution in [0.15, 0.2) is 6.20 Å². The lowest BCUT2D eigenvalue weighted by Crippen LogP contribution is -2.44. The van der Waals surface area contributed by atoms with Crippen molar-refractivity contribution >= 4 is 11.8 Å². The molecule has 0 N–H and O–H groups in total. The molecule has 170 valence electrons. The lowest BCUT2D eigenvalue weighted by molar-refractivity contribution is -0.134. The van der Waals surface area contributed by atoms with Gasteiger partial charge in [-0.15, -0.1) is 0 Å². The summed E-state index contributed by atoms with van der Waals surface area (Å²) in [5.41, 5.74) is 1.56. The highest BCUT2D eigenvalue weighted by Crippen LogP contribution is 2.25. The first-order chi connectivity index (χ1) is 15.0. The van der Waals surface area contributed by atoms with Crippen molar-refractivity contribution in [2.75, 3.05) is 39.8 Å². The highest BCUT2D eigenvalue weighted by Gasteiger charge is 2.29. The molecule has 3 fully saturated rings. The molecule has 4 heterocycles. The first-order valence-electron chi connectivity index (χ1n) is 12.1. The predicted octanol–water partition coefficient (Wildman–Crippen LogP) is 2.68. The fraction of sp³-hybridized carbons (Fsp3) is 0.750. The average Bonchev–Trinajstić information content (AvgIpc) is 3.30. The van der Waals surface area contributed by atoms with Crippen LogP contribution in [0.25, 0.3) is 0 Å². The smallest absolute Gasteiger partial charge is 0.257 e. The van der Waals surface area contributed by atoms with Gasteiger partial charge in [-0.05, 0) is 71.4 Å². The van der Waals surface area contributed by atoms with Crippen LogP contribution in [0.4, 0.5) is 0 Å². The number of aromatic nitrogens is 2. The molecule has 0 spiro atoms. The third kappa shape index (κ3) is 5.43. The van der Waals surface area contributed by atoms with Gasteiger partial charge in [-0.1, -0.05) is 6.42 Å². The van der Waals surface area contributed by atoms with Crippen LogP contribution < -0.4 is 0 Å². The van der Waals surface area contributed by atoms with Gasteiger partial charge in [0.25, 0.3) is 5.91 Å². The Kier molecular flexibility index (Phi) is 7.20. The van der Waals surface area contributed by atoms with E-state index in [1.165, 1.54) is 12.8 Å². The molecule has 1 atom stereocenters. The molecule has 4 rings (SSSR count). The second kappa shape index (κ2) is 10.1. The molecule has 3 saturated heterocycles. The van der Waals surface area contributed by atoms with Crippen molar-refractivity contribution in [2.24, 2.45) is 5.92 Å². The Bertz CT molecular complexity index is 784. The molecule has 0 bridgehead atoms. The molecule has 1 unspecified atom stereocenters. The van der Waals surface area contributed by atoms with Crippen molar-refractivity contribution in [2.45, 2.75) is 70.8 Å². The number of carbonyl (C=O) groups excluding carboxylic acids is 2. The van der Waals surface area contributed by atoms with Crippen LogP contribution in [-0.2, 0) is 11.2 Å². The monoisotopic (exact) mass is 427 g/mol. The van der Waals surface area contributed by atoms with Gasteiger partial charge in [-0.25, -0.2) is 9.97 Å². The maximum Gasteiger partial charge on any atom is 0.257 e. The number of hydrogen-bond acceptors (Lipinski definition) is 5. The highest BCUT2D eigenvalue weighted by atomic mass is 16.2. The number of rotatable bonds is 5. The first-order valence-corrected chi connectivity index (χ1v) is 12.1. The van der Waals surface area contributed by atoms with Gasteiger partial charge in [0, 0.05) is 44.8 Å². The molecule has 2 amide bonds. The number of piperidine rings is 2. The Balaban J connectivity index is 1.33. The minimum atomic E-state index is 0.0803. The summed E-state index contributed by atoms with van der Waals surface area (Å²) in [6.45, 7) is 6.30. The lowest BCUT2D eigenvalue weighted by Gasteiger charge is -2.36. The topological polar surface area (TPSA) is 69.6 Å². The predicted molar refractivity (Wildman–Crippen MR) is 120 cm³/mol. The maximum absolute atomic E-state index is 13.0. The zero-order chi connectivity index (χ0) is 21.8. The van der Waals surface area contributed by atoms with Gasteiger partial charge >= 0.3 is 0 Å². The fourth-order valence-electron chi connectivity index (χ4n) is 5.33. The Morgan fingerprint density at radius 3 is 2.39 bits per heavy atom. The summed E-state index contributed by atoms with van der Waals surface area (Å²) < 4.78 is 0. The SMILES string of the molecule is Cc1ncc(C(=O)N2CCCC2)c(CC2CCN(C(=O)CC3CCCCN3C)CC2)n1. The van der Waals surface area contributed by atoms with E-state index < -0.39 is 0 Å². The van der Waals surface area contributed by atoms with Gasteiger partial charge in [0.1, 0.15) is 5.82 Å². The number of amides is 2. The van der Waals surface area contributed by atoms with E-state index in [2.05, 4.69) is 26.8 Å². The Morgan fingerprint density at radius 1 is 0.968 bits per heavy atom. The largest absolute Gasteiger partial charge is 0.343 e. The highest BCUT2D eigenvalue weighted by molar-refractivity contribution is 5.95. The molecule has 1 aromatic heterocycles. The van der Waals surface area contributed by atoms with Crippen LogP contribution >= 0.6 is 0 Å². The van der Waals surface area contributed by atoms with Crippen molar-refractivity contribution in [1.82, 2.24) is 24.7 Å². The molecule has 7 heteroatoms. The van der Waals surface area contributed by atoms with Gasteiger partial charge < -0.3 is 14.7 Å². The van der Waals surface area contributed by atoms with Crippen molar-refractivity contribution in [3.63, 3.8) is 0 Å². The van der Waals surface area contributed by atoms with Crippen molar-refractivity contribution in [3.8, 4) is 0 Å². The Hall–Kier alpha value is -2.02. The lowest BCUT2D eigenvalue weighted by atomic mass is 9.90. The summed E-state index contributed by atoms with van der Waals surface area (Å²) in [7, 11) is 2.15. The van der Waals surface area contributed by atoms with Crippen LogP contribution in [0.5, 0.6) is 0 Å². The van der Waals surface area contributed by atoms with Gasteiger partial charge in [0.2, 0.25) is 5.91 Å². The number of carbonyl (C=O) groups is 2. The van der Waals surface area contributed by atoms with Crippen LogP contribution in [0, 0.1) is 12.8 Å². The minimum absolute atomic E-state index is 0.0803. The maximum atomic E-state index is 13.0. The third-order valence-electron chi connectivity index (χ3n) is 7.39. The van der Waals surface area contributed by atoms with E-state index in [0.29, 0.717) is 29.9 Å². The average molecular weight is 428 g/mol. The summed E-state index contributed by atoms with van der Waals surface area (Å²) >= 11 is 0. The van der Waals surface area contributed by atoms with Gasteiger partial charge in [-0.2, -0.15) is 0 Å². The third-order valence-corrected chi connectivity index (χ3v) is 7.39. The fourth-order valence-corrected chi connectivity index (χ4v) is 5.33. The summed E-state index contributed by atoms with van der Waals surface area (Å²) in [6, 6.07) is 0.405. The zero-order valence-electron chi connectivity index (χ0n) is 19.2. The van der Waals surface area contributed by atoms with Crippen LogP contribution in [-0.4, -0.2) is 82.3 Å². The van der Waals surface area contributed by atoms with Crippen molar-refractivity contribution in [1.29, 1.82) is 0 Å². The summed E-state index contributed by atoms with van der Waals surface area (Å²) in [4.78, 5) is 41.1. The van der Waals surface area contributed by atoms with E-state index in [-0.39, 0.29) is 5.91 Å². The van der Waals surface area contributed by atoms with Crippen LogP contribution in [0.3, 0.4) is 0 Å². The second-order valence-corrected chi connectivity index (χ2v) is 9.64. The molecule has 0 saturated carbocycles. The number of nitrogens with zero attached hydrogens (tertiary/aromatic N) is 5. The molecule has 31 heavy (non-hydrogen) atoms. The van der Waals surface area contributed by atoms with Gasteiger partial charge in [-0.3, -0.25) is 9.59 Å². The van der Waals surface area contributed by atoms with Crippen molar-refractivity contribution in [3.05, 3.63) is 23.3 Å². The molecule has 1 aromatic rings. The van der Waals surface area contributed by atoms with E-state index in [0.717, 1.165) is 82.8 Å². The molecule has 3 aliphatic rings. The molecule has 7 nitrogen and oxygen atoms in total. The van der Waals surface area contributed by atoms with E-state index in [1.807, 2.05) is 11.8 Å². The van der Waals surface area contributed by atoms with E-state index in [4.69, 9.17) is 0 Å². The Labute approximate surface area is 186 Å². The summed E-state index contributed by atoms with van der Waals surface area (Å²) in [5.74, 6) is 1.56. The van der Waals surface area contributed by atoms with Crippen LogP contribution in [0.1, 0.15) is 73.2 Å². The molecular formula is C24H37N5O2. The first kappa shape index (κ1) is 22.2. The summed E-state index contributed by atoms with van der Waals surface area (Å²) in [5, 5.41) is 0. The second-order valence-electron chi connectivity index (χ2n) is 9.64. The zero-order valence-corrected chi connectivity index (χ0v) is 19.2. The van der Waals surface area contributed by atoms with E-state index in [9.17, 15) is 9.59 Å². The molecule has 0 aliphatic carbocycles. The summed E-state index contributed by atoms with van der Waals surface area (Å²) in [6.07, 6.45) is 10.9. The molecule has 3 aliphatic heterocycles. The van der Waals surface area contributed by atoms with E-state index in [1.54, 1.807) is 6.20 Å². The number of hydrogen-bond donors (Lipinski definition) is 0. The quantitative estimate of drug-likeness (QED) is 0.723. The van der Waals surface area contributed by atoms with Gasteiger partial charge in [0.15, 0.2) is 0 Å². The van der Waals surface area contributed by atoms with Crippen molar-refractivity contribution < 1.29 is 9.59 Å². The molecular weight excluding hydrogens is 390 g/mol. The molecule has 0 aromatic carbocycles. The minimum Gasteiger partial charge on any atom is -0.343 e. The van der Waals surface area contributed by atoms with Crippen LogP contribution in [0.2, 0.25) is 0 Å². The Morgan fingerprint density at radius 2 is 1.68 bits per heavy atom.